The molecule has 4 nitrogen and oxygen atoms in total. The maximum Gasteiger partial charge on any atom is 0.222 e. The topological polar surface area (TPSA) is 49.6 Å². The number of hydrogen-bond acceptors (Lipinski definition) is 3. The van der Waals surface area contributed by atoms with Crippen LogP contribution in [0.15, 0.2) is 18.2 Å². The van der Waals surface area contributed by atoms with Gasteiger partial charge in [0.05, 0.1) is 0 Å². The van der Waals surface area contributed by atoms with Crippen LogP contribution in [0.25, 0.3) is 0 Å². The Morgan fingerprint density at radius 3 is 2.33 bits per heavy atom. The van der Waals surface area contributed by atoms with Crippen molar-refractivity contribution in [2.45, 2.75) is 46.7 Å². The molecule has 118 valence electrons. The number of amides is 1. The number of hydrogen-bond donors (Lipinski definition) is 1. The first kappa shape index (κ1) is 17.3. The van der Waals surface area contributed by atoms with Crippen molar-refractivity contribution < 1.29 is 4.79 Å². The lowest BCUT2D eigenvalue weighted by atomic mass is 10.0. The fourth-order valence-corrected chi connectivity index (χ4v) is 2.37. The van der Waals surface area contributed by atoms with E-state index >= 15 is 0 Å². The monoisotopic (exact) mass is 291 g/mol. The second kappa shape index (κ2) is 7.34. The van der Waals surface area contributed by atoms with Crippen LogP contribution >= 0.6 is 0 Å². The van der Waals surface area contributed by atoms with E-state index in [1.807, 2.05) is 44.1 Å². The van der Waals surface area contributed by atoms with Gasteiger partial charge in [0.1, 0.15) is 0 Å². The van der Waals surface area contributed by atoms with Crippen molar-refractivity contribution >= 4 is 17.3 Å². The molecule has 1 atom stereocenters. The van der Waals surface area contributed by atoms with Crippen molar-refractivity contribution in [2.75, 3.05) is 24.7 Å². The minimum Gasteiger partial charge on any atom is -0.399 e. The molecular weight excluding hydrogens is 262 g/mol. The smallest absolute Gasteiger partial charge is 0.222 e. The second-order valence-corrected chi connectivity index (χ2v) is 6.14. The molecule has 0 aliphatic rings. The second-order valence-electron chi connectivity index (χ2n) is 6.14. The third-order valence-corrected chi connectivity index (χ3v) is 4.01. The normalized spacial score (nSPS) is 12.3. The number of carbonyl (C=O) groups is 1. The van der Waals surface area contributed by atoms with Crippen LogP contribution in [0.4, 0.5) is 11.4 Å². The standard InChI is InChI=1S/C17H29N3O/c1-7-17(21)20(13(4)12(2)3)11-14-10-15(18)8-9-16(14)19(5)6/h8-10,12-13H,7,11,18H2,1-6H3. The largest absolute Gasteiger partial charge is 0.399 e. The molecule has 1 aromatic carbocycles. The Morgan fingerprint density at radius 1 is 1.24 bits per heavy atom. The molecule has 0 radical (unpaired) electrons. The molecule has 0 bridgehead atoms. The zero-order valence-electron chi connectivity index (χ0n) is 14.2. The van der Waals surface area contributed by atoms with Crippen LogP contribution in [0.1, 0.15) is 39.7 Å². The predicted octanol–water partition coefficient (Wildman–Crippen LogP) is 3.12. The van der Waals surface area contributed by atoms with Gasteiger partial charge in [0.2, 0.25) is 5.91 Å². The van der Waals surface area contributed by atoms with E-state index in [1.165, 1.54) is 0 Å². The van der Waals surface area contributed by atoms with E-state index in [2.05, 4.69) is 25.7 Å². The molecule has 21 heavy (non-hydrogen) atoms. The zero-order valence-corrected chi connectivity index (χ0v) is 14.2. The van der Waals surface area contributed by atoms with E-state index in [-0.39, 0.29) is 11.9 Å². The van der Waals surface area contributed by atoms with Crippen molar-refractivity contribution in [1.82, 2.24) is 4.90 Å². The molecule has 0 fully saturated rings. The highest BCUT2D eigenvalue weighted by Gasteiger charge is 2.22. The third-order valence-electron chi connectivity index (χ3n) is 4.01. The molecule has 0 spiro atoms. The average molecular weight is 291 g/mol. The molecule has 1 rings (SSSR count). The highest BCUT2D eigenvalue weighted by atomic mass is 16.2. The summed E-state index contributed by atoms with van der Waals surface area (Å²) in [5.41, 5.74) is 8.86. The van der Waals surface area contributed by atoms with Crippen LogP contribution in [0.5, 0.6) is 0 Å². The molecule has 4 heteroatoms. The Hall–Kier alpha value is -1.71. The summed E-state index contributed by atoms with van der Waals surface area (Å²) in [6, 6.07) is 6.09. The van der Waals surface area contributed by atoms with Gasteiger partial charge in [-0.1, -0.05) is 20.8 Å². The highest BCUT2D eigenvalue weighted by Crippen LogP contribution is 2.25. The van der Waals surface area contributed by atoms with E-state index in [0.29, 0.717) is 18.9 Å². The Kier molecular flexibility index (Phi) is 6.06. The fraction of sp³-hybridized carbons (Fsp3) is 0.588. The number of nitrogen functional groups attached to an aromatic ring is 1. The third kappa shape index (κ3) is 4.38. The van der Waals surface area contributed by atoms with Crippen molar-refractivity contribution in [3.05, 3.63) is 23.8 Å². The van der Waals surface area contributed by atoms with Gasteiger partial charge in [-0.3, -0.25) is 4.79 Å². The Labute approximate surface area is 128 Å². The zero-order chi connectivity index (χ0) is 16.2. The van der Waals surface area contributed by atoms with Gasteiger partial charge < -0.3 is 15.5 Å². The van der Waals surface area contributed by atoms with Gasteiger partial charge in [-0.2, -0.15) is 0 Å². The van der Waals surface area contributed by atoms with Gasteiger partial charge in [0, 0.05) is 44.5 Å². The van der Waals surface area contributed by atoms with Crippen LogP contribution < -0.4 is 10.6 Å². The van der Waals surface area contributed by atoms with E-state index < -0.39 is 0 Å². The molecule has 0 aliphatic carbocycles. The SMILES string of the molecule is CCC(=O)N(Cc1cc(N)ccc1N(C)C)C(C)C(C)C. The van der Waals surface area contributed by atoms with Crippen LogP contribution in [0.3, 0.4) is 0 Å². The van der Waals surface area contributed by atoms with Crippen LogP contribution in [-0.2, 0) is 11.3 Å². The predicted molar refractivity (Wildman–Crippen MR) is 90.3 cm³/mol. The summed E-state index contributed by atoms with van der Waals surface area (Å²) < 4.78 is 0. The molecule has 0 heterocycles. The van der Waals surface area contributed by atoms with Gasteiger partial charge in [0.25, 0.3) is 0 Å². The summed E-state index contributed by atoms with van der Waals surface area (Å²) in [5, 5.41) is 0. The van der Waals surface area contributed by atoms with Gasteiger partial charge >= 0.3 is 0 Å². The summed E-state index contributed by atoms with van der Waals surface area (Å²) in [7, 11) is 4.01. The Morgan fingerprint density at radius 2 is 1.86 bits per heavy atom. The summed E-state index contributed by atoms with van der Waals surface area (Å²) in [5.74, 6) is 0.604. The Balaban J connectivity index is 3.14. The molecule has 1 unspecified atom stereocenters. The lowest BCUT2D eigenvalue weighted by molar-refractivity contribution is -0.134. The summed E-state index contributed by atoms with van der Waals surface area (Å²) in [6.45, 7) is 8.92. The highest BCUT2D eigenvalue weighted by molar-refractivity contribution is 5.76. The number of nitrogens with zero attached hydrogens (tertiary/aromatic N) is 2. The molecule has 0 aliphatic heterocycles. The fourth-order valence-electron chi connectivity index (χ4n) is 2.37. The van der Waals surface area contributed by atoms with Crippen LogP contribution in [-0.4, -0.2) is 30.9 Å². The molecule has 0 aromatic heterocycles. The van der Waals surface area contributed by atoms with Crippen molar-refractivity contribution in [2.24, 2.45) is 5.92 Å². The van der Waals surface area contributed by atoms with Gasteiger partial charge in [0.15, 0.2) is 0 Å². The quantitative estimate of drug-likeness (QED) is 0.819. The summed E-state index contributed by atoms with van der Waals surface area (Å²) in [6.07, 6.45) is 0.524. The maximum absolute atomic E-state index is 12.3. The molecule has 1 amide bonds. The van der Waals surface area contributed by atoms with Gasteiger partial charge in [-0.15, -0.1) is 0 Å². The minimum absolute atomic E-state index is 0.184. The van der Waals surface area contributed by atoms with E-state index in [0.717, 1.165) is 16.9 Å². The van der Waals surface area contributed by atoms with Crippen molar-refractivity contribution in [3.8, 4) is 0 Å². The maximum atomic E-state index is 12.3. The molecular formula is C17H29N3O. The van der Waals surface area contributed by atoms with Crippen LogP contribution in [0.2, 0.25) is 0 Å². The lowest BCUT2D eigenvalue weighted by Gasteiger charge is -2.33. The first-order chi connectivity index (χ1) is 9.77. The van der Waals surface area contributed by atoms with Gasteiger partial charge in [-0.05, 0) is 36.6 Å². The number of benzene rings is 1. The first-order valence-corrected chi connectivity index (χ1v) is 7.63. The lowest BCUT2D eigenvalue weighted by Crippen LogP contribution is -2.40. The summed E-state index contributed by atoms with van der Waals surface area (Å²) >= 11 is 0. The van der Waals surface area contributed by atoms with E-state index in [4.69, 9.17) is 5.73 Å². The number of nitrogens with two attached hydrogens (primary N) is 1. The van der Waals surface area contributed by atoms with Crippen molar-refractivity contribution in [1.29, 1.82) is 0 Å². The molecule has 2 N–H and O–H groups in total. The van der Waals surface area contributed by atoms with Gasteiger partial charge in [-0.25, -0.2) is 0 Å². The van der Waals surface area contributed by atoms with Crippen molar-refractivity contribution in [3.63, 3.8) is 0 Å². The number of carbonyl (C=O) groups excluding carboxylic acids is 1. The molecule has 0 saturated heterocycles. The molecule has 1 aromatic rings. The summed E-state index contributed by atoms with van der Waals surface area (Å²) in [4.78, 5) is 16.3. The minimum atomic E-state index is 0.184. The van der Waals surface area contributed by atoms with E-state index in [1.54, 1.807) is 0 Å². The molecule has 0 saturated carbocycles. The van der Waals surface area contributed by atoms with E-state index in [9.17, 15) is 4.79 Å². The average Bonchev–Trinajstić information content (AvgIpc) is 2.42. The van der Waals surface area contributed by atoms with Crippen LogP contribution in [0, 0.1) is 5.92 Å². The number of rotatable bonds is 6. The Bertz CT molecular complexity index is 483. The number of anilines is 2. The first-order valence-electron chi connectivity index (χ1n) is 7.63.